The van der Waals surface area contributed by atoms with Crippen molar-refractivity contribution in [2.45, 2.75) is 31.8 Å². The predicted octanol–water partition coefficient (Wildman–Crippen LogP) is 2.09. The van der Waals surface area contributed by atoms with Crippen LogP contribution in [0.1, 0.15) is 30.3 Å². The van der Waals surface area contributed by atoms with Gasteiger partial charge in [-0.3, -0.25) is 14.4 Å². The van der Waals surface area contributed by atoms with Crippen molar-refractivity contribution >= 4 is 51.7 Å². The van der Waals surface area contributed by atoms with Crippen LogP contribution in [0, 0.1) is 0 Å². The fourth-order valence-electron chi connectivity index (χ4n) is 3.94. The highest BCUT2D eigenvalue weighted by molar-refractivity contribution is 6.12. The van der Waals surface area contributed by atoms with Gasteiger partial charge in [-0.25, -0.2) is 9.59 Å². The molecule has 3 rings (SSSR count). The first kappa shape index (κ1) is 29.9. The van der Waals surface area contributed by atoms with E-state index < -0.39 is 42.0 Å². The molecule has 0 fully saturated rings. The molecule has 0 aliphatic carbocycles. The molecule has 2 amide bonds. The molecule has 1 heterocycles. The molecule has 1 aromatic heterocycles. The number of ketones is 1. The summed E-state index contributed by atoms with van der Waals surface area (Å²) in [5, 5.41) is 29.4. The standard InChI is InChI=1S/C26H30N4O10/c1-13(31)19-12-16-20(39-25(36)29-10-8-17(27-2)23(32)33)14-6-4-5-7-15(14)21(22(16)38-19)40-26(37)30-11-9-18(28-3)24(34)35/h4-7,12,17-18,27-28H,8-11H2,1-3H3,(H,29,36)(H,30,37)(H,32,33)(H,34,35)/t17-,18+/m1/s1. The minimum absolute atomic E-state index is 0.000545. The average Bonchev–Trinajstić information content (AvgIpc) is 3.36. The minimum atomic E-state index is -1.07. The first-order valence-electron chi connectivity index (χ1n) is 12.3. The zero-order valence-corrected chi connectivity index (χ0v) is 22.0. The number of carbonyl (C=O) groups is 5. The third kappa shape index (κ3) is 7.03. The van der Waals surface area contributed by atoms with Crippen LogP contribution in [0.5, 0.6) is 11.5 Å². The molecule has 0 unspecified atom stereocenters. The Bertz CT molecular complexity index is 1340. The number of fused-ring (bicyclic) bond motifs is 2. The maximum absolute atomic E-state index is 12.6. The van der Waals surface area contributed by atoms with E-state index >= 15 is 0 Å². The fourth-order valence-corrected chi connectivity index (χ4v) is 3.94. The first-order valence-corrected chi connectivity index (χ1v) is 12.3. The van der Waals surface area contributed by atoms with Gasteiger partial charge in [-0.15, -0.1) is 0 Å². The van der Waals surface area contributed by atoms with Gasteiger partial charge in [0.2, 0.25) is 0 Å². The van der Waals surface area contributed by atoms with Crippen molar-refractivity contribution in [3.63, 3.8) is 0 Å². The highest BCUT2D eigenvalue weighted by Crippen LogP contribution is 2.44. The Morgan fingerprint density at radius 3 is 1.73 bits per heavy atom. The van der Waals surface area contributed by atoms with Crippen LogP contribution in [0.4, 0.5) is 9.59 Å². The van der Waals surface area contributed by atoms with Crippen LogP contribution in [0.3, 0.4) is 0 Å². The quantitative estimate of drug-likeness (QED) is 0.167. The van der Waals surface area contributed by atoms with Crippen LogP contribution in [-0.4, -0.2) is 79.4 Å². The summed E-state index contributed by atoms with van der Waals surface area (Å²) in [6.45, 7) is 1.27. The lowest BCUT2D eigenvalue weighted by molar-refractivity contribution is -0.140. The van der Waals surface area contributed by atoms with Crippen molar-refractivity contribution in [3.05, 3.63) is 36.1 Å². The molecule has 0 saturated heterocycles. The summed E-state index contributed by atoms with van der Waals surface area (Å²) in [5.41, 5.74) is -0.0263. The molecule has 2 aromatic carbocycles. The number of carboxylic acid groups (broad SMARTS) is 2. The first-order chi connectivity index (χ1) is 19.1. The molecule has 0 bridgehead atoms. The number of likely N-dealkylation sites (N-methyl/N-ethyl adjacent to an activating group) is 2. The smallest absolute Gasteiger partial charge is 0.412 e. The Balaban J connectivity index is 1.92. The number of hydrogen-bond acceptors (Lipinski definition) is 10. The summed E-state index contributed by atoms with van der Waals surface area (Å²) in [6, 6.07) is 6.18. The van der Waals surface area contributed by atoms with Crippen LogP contribution in [0.15, 0.2) is 34.7 Å². The minimum Gasteiger partial charge on any atom is -0.480 e. The molecular weight excluding hydrogens is 528 g/mol. The highest BCUT2D eigenvalue weighted by Gasteiger charge is 2.25. The molecule has 40 heavy (non-hydrogen) atoms. The van der Waals surface area contributed by atoms with Crippen LogP contribution >= 0.6 is 0 Å². The Morgan fingerprint density at radius 1 is 0.800 bits per heavy atom. The van der Waals surface area contributed by atoms with Crippen molar-refractivity contribution in [2.75, 3.05) is 27.2 Å². The Labute approximate surface area is 228 Å². The molecule has 14 nitrogen and oxygen atoms in total. The number of Topliss-reactive ketones (excluding diaryl/α,β-unsaturated/α-hetero) is 1. The zero-order valence-electron chi connectivity index (χ0n) is 22.0. The fraction of sp³-hybridized carbons (Fsp3) is 0.346. The summed E-state index contributed by atoms with van der Waals surface area (Å²) < 4.78 is 16.9. The molecule has 2 atom stereocenters. The molecule has 3 aromatic rings. The molecule has 0 aliphatic rings. The van der Waals surface area contributed by atoms with Gasteiger partial charge in [-0.2, -0.15) is 0 Å². The number of benzene rings is 2. The van der Waals surface area contributed by atoms with Crippen LogP contribution in [-0.2, 0) is 9.59 Å². The van der Waals surface area contributed by atoms with E-state index in [4.69, 9.17) is 24.1 Å². The van der Waals surface area contributed by atoms with E-state index in [1.165, 1.54) is 27.1 Å². The molecule has 0 saturated carbocycles. The Hall–Kier alpha value is -4.69. The van der Waals surface area contributed by atoms with Crippen molar-refractivity contribution < 1.29 is 48.1 Å². The predicted molar refractivity (Wildman–Crippen MR) is 142 cm³/mol. The Morgan fingerprint density at radius 2 is 1.27 bits per heavy atom. The summed E-state index contributed by atoms with van der Waals surface area (Å²) in [5.74, 6) is -2.63. The van der Waals surface area contributed by atoms with E-state index in [0.29, 0.717) is 10.8 Å². The Kier molecular flexibility index (Phi) is 10.00. The number of rotatable bonds is 13. The SMILES string of the molecule is CN[C@@H](CCNC(=O)Oc1c2ccccc2c(OC(=O)NCC[C@@H](NC)C(=O)O)c2cc(C(C)=O)oc12)C(=O)O. The van der Waals surface area contributed by atoms with Crippen molar-refractivity contribution in [2.24, 2.45) is 0 Å². The number of furan rings is 1. The molecule has 0 spiro atoms. The van der Waals surface area contributed by atoms with E-state index in [-0.39, 0.29) is 54.2 Å². The van der Waals surface area contributed by atoms with Crippen LogP contribution < -0.4 is 30.7 Å². The maximum Gasteiger partial charge on any atom is 0.412 e. The zero-order chi connectivity index (χ0) is 29.4. The number of amides is 2. The van der Waals surface area contributed by atoms with E-state index in [1.807, 2.05) is 0 Å². The maximum atomic E-state index is 12.6. The van der Waals surface area contributed by atoms with E-state index in [1.54, 1.807) is 24.3 Å². The third-order valence-electron chi connectivity index (χ3n) is 6.03. The highest BCUT2D eigenvalue weighted by atomic mass is 16.6. The van der Waals surface area contributed by atoms with Gasteiger partial charge in [0.25, 0.3) is 0 Å². The molecule has 6 N–H and O–H groups in total. The van der Waals surface area contributed by atoms with Crippen LogP contribution in [0.2, 0.25) is 0 Å². The number of ether oxygens (including phenoxy) is 2. The monoisotopic (exact) mass is 558 g/mol. The normalized spacial score (nSPS) is 12.5. The van der Waals surface area contributed by atoms with E-state index in [0.717, 1.165) is 0 Å². The van der Waals surface area contributed by atoms with Gasteiger partial charge in [-0.1, -0.05) is 24.3 Å². The van der Waals surface area contributed by atoms with E-state index in [9.17, 15) is 24.0 Å². The molecular formula is C26H30N4O10. The van der Waals surface area contributed by atoms with Gasteiger partial charge in [-0.05, 0) is 33.0 Å². The topological polar surface area (TPSA) is 206 Å². The number of aliphatic carboxylic acids is 2. The molecule has 214 valence electrons. The van der Waals surface area contributed by atoms with Gasteiger partial charge >= 0.3 is 24.1 Å². The number of nitrogens with one attached hydrogen (secondary N) is 4. The average molecular weight is 559 g/mol. The van der Waals surface area contributed by atoms with E-state index in [2.05, 4.69) is 21.3 Å². The number of carboxylic acids is 2. The lowest BCUT2D eigenvalue weighted by Crippen LogP contribution is -2.38. The second-order valence-corrected chi connectivity index (χ2v) is 8.68. The largest absolute Gasteiger partial charge is 0.480 e. The van der Waals surface area contributed by atoms with Crippen molar-refractivity contribution in [1.29, 1.82) is 0 Å². The van der Waals surface area contributed by atoms with Crippen LogP contribution in [0.25, 0.3) is 21.7 Å². The lowest BCUT2D eigenvalue weighted by atomic mass is 10.1. The second-order valence-electron chi connectivity index (χ2n) is 8.68. The number of hydrogen-bond donors (Lipinski definition) is 6. The second kappa shape index (κ2) is 13.4. The summed E-state index contributed by atoms with van der Waals surface area (Å²) in [6.07, 6.45) is -1.58. The molecule has 0 aliphatic heterocycles. The van der Waals surface area contributed by atoms with Crippen molar-refractivity contribution in [3.8, 4) is 11.5 Å². The van der Waals surface area contributed by atoms with Gasteiger partial charge in [0.05, 0.1) is 5.39 Å². The molecule has 0 radical (unpaired) electrons. The number of carbonyl (C=O) groups excluding carboxylic acids is 3. The third-order valence-corrected chi connectivity index (χ3v) is 6.03. The van der Waals surface area contributed by atoms with Gasteiger partial charge < -0.3 is 45.4 Å². The van der Waals surface area contributed by atoms with Crippen molar-refractivity contribution in [1.82, 2.24) is 21.3 Å². The van der Waals surface area contributed by atoms with Gasteiger partial charge in [0.15, 0.2) is 28.6 Å². The molecule has 14 heteroatoms. The summed E-state index contributed by atoms with van der Waals surface area (Å²) in [7, 11) is 2.98. The summed E-state index contributed by atoms with van der Waals surface area (Å²) >= 11 is 0. The van der Waals surface area contributed by atoms with Gasteiger partial charge in [0.1, 0.15) is 12.1 Å². The van der Waals surface area contributed by atoms with Gasteiger partial charge in [0, 0.05) is 30.8 Å². The summed E-state index contributed by atoms with van der Waals surface area (Å²) in [4.78, 5) is 59.7. The lowest BCUT2D eigenvalue weighted by Gasteiger charge is -2.15.